The van der Waals surface area contributed by atoms with Crippen molar-refractivity contribution in [2.75, 3.05) is 6.61 Å². The van der Waals surface area contributed by atoms with Crippen LogP contribution in [-0.4, -0.2) is 23.8 Å². The molecule has 3 rings (SSSR count). The van der Waals surface area contributed by atoms with Gasteiger partial charge in [0.05, 0.1) is 18.2 Å². The fourth-order valence-corrected chi connectivity index (χ4v) is 4.23. The van der Waals surface area contributed by atoms with E-state index in [-0.39, 0.29) is 12.1 Å². The fourth-order valence-electron chi connectivity index (χ4n) is 3.96. The quantitative estimate of drug-likeness (QED) is 0.544. The SMILES string of the molecule is CCCOc1ccccc1[C@@H]1NC(=S)NC(C)=C1C(=O)O[C@@H]1CCC[C@H](C)C1. The zero-order valence-corrected chi connectivity index (χ0v) is 17.7. The van der Waals surface area contributed by atoms with Gasteiger partial charge < -0.3 is 20.1 Å². The third-order valence-corrected chi connectivity index (χ3v) is 5.56. The highest BCUT2D eigenvalue weighted by Crippen LogP contribution is 2.35. The number of hydrogen-bond acceptors (Lipinski definition) is 4. The number of carbonyl (C=O) groups is 1. The number of nitrogens with one attached hydrogen (secondary N) is 2. The lowest BCUT2D eigenvalue weighted by Gasteiger charge is -2.32. The van der Waals surface area contributed by atoms with E-state index in [9.17, 15) is 4.79 Å². The van der Waals surface area contributed by atoms with E-state index in [0.29, 0.717) is 23.2 Å². The number of esters is 1. The molecule has 1 saturated carbocycles. The van der Waals surface area contributed by atoms with Crippen molar-refractivity contribution in [3.05, 3.63) is 41.1 Å². The molecule has 28 heavy (non-hydrogen) atoms. The Kier molecular flexibility index (Phi) is 6.94. The monoisotopic (exact) mass is 402 g/mol. The van der Waals surface area contributed by atoms with Crippen LogP contribution in [-0.2, 0) is 9.53 Å². The van der Waals surface area contributed by atoms with E-state index in [1.807, 2.05) is 31.2 Å². The summed E-state index contributed by atoms with van der Waals surface area (Å²) >= 11 is 5.36. The molecule has 1 aromatic rings. The topological polar surface area (TPSA) is 59.6 Å². The molecule has 0 amide bonds. The van der Waals surface area contributed by atoms with Crippen molar-refractivity contribution in [3.63, 3.8) is 0 Å². The van der Waals surface area contributed by atoms with Crippen LogP contribution < -0.4 is 15.4 Å². The lowest BCUT2D eigenvalue weighted by atomic mass is 9.88. The van der Waals surface area contributed by atoms with E-state index in [0.717, 1.165) is 42.7 Å². The summed E-state index contributed by atoms with van der Waals surface area (Å²) in [5.41, 5.74) is 2.19. The molecule has 0 bridgehead atoms. The summed E-state index contributed by atoms with van der Waals surface area (Å²) in [6.07, 6.45) is 5.07. The average molecular weight is 403 g/mol. The first kappa shape index (κ1) is 20.6. The molecule has 0 aromatic heterocycles. The summed E-state index contributed by atoms with van der Waals surface area (Å²) in [4.78, 5) is 13.2. The molecule has 1 fully saturated rings. The molecule has 1 aliphatic carbocycles. The lowest BCUT2D eigenvalue weighted by molar-refractivity contribution is -0.146. The fraction of sp³-hybridized carbons (Fsp3) is 0.545. The average Bonchev–Trinajstić information content (AvgIpc) is 2.66. The van der Waals surface area contributed by atoms with Gasteiger partial charge in [-0.3, -0.25) is 0 Å². The predicted octanol–water partition coefficient (Wildman–Crippen LogP) is 4.39. The Balaban J connectivity index is 1.88. The highest BCUT2D eigenvalue weighted by Gasteiger charge is 2.34. The molecule has 1 heterocycles. The normalized spacial score (nSPS) is 25.0. The van der Waals surface area contributed by atoms with E-state index < -0.39 is 6.04 Å². The first-order valence-corrected chi connectivity index (χ1v) is 10.6. The maximum Gasteiger partial charge on any atom is 0.338 e. The van der Waals surface area contributed by atoms with Gasteiger partial charge in [0.2, 0.25) is 0 Å². The second kappa shape index (κ2) is 9.41. The summed E-state index contributed by atoms with van der Waals surface area (Å²) in [5.74, 6) is 1.07. The number of benzene rings is 1. The van der Waals surface area contributed by atoms with E-state index in [1.165, 1.54) is 6.42 Å². The van der Waals surface area contributed by atoms with Gasteiger partial charge in [-0.05, 0) is 56.8 Å². The summed E-state index contributed by atoms with van der Waals surface area (Å²) in [6, 6.07) is 7.39. The highest BCUT2D eigenvalue weighted by atomic mass is 32.1. The van der Waals surface area contributed by atoms with Gasteiger partial charge in [0.1, 0.15) is 11.9 Å². The lowest BCUT2D eigenvalue weighted by Crippen LogP contribution is -2.45. The van der Waals surface area contributed by atoms with Gasteiger partial charge in [-0.25, -0.2) is 4.79 Å². The molecular weight excluding hydrogens is 372 g/mol. The zero-order chi connectivity index (χ0) is 20.1. The van der Waals surface area contributed by atoms with Crippen LogP contribution in [0.4, 0.5) is 0 Å². The predicted molar refractivity (Wildman–Crippen MR) is 114 cm³/mol. The highest BCUT2D eigenvalue weighted by molar-refractivity contribution is 7.80. The molecule has 1 aliphatic heterocycles. The number of carbonyl (C=O) groups excluding carboxylic acids is 1. The zero-order valence-electron chi connectivity index (χ0n) is 16.9. The van der Waals surface area contributed by atoms with Crippen molar-refractivity contribution < 1.29 is 14.3 Å². The smallest absolute Gasteiger partial charge is 0.338 e. The van der Waals surface area contributed by atoms with Crippen molar-refractivity contribution in [3.8, 4) is 5.75 Å². The molecule has 1 aromatic carbocycles. The summed E-state index contributed by atoms with van der Waals surface area (Å²) in [6.45, 7) is 6.78. The Morgan fingerprint density at radius 1 is 1.29 bits per heavy atom. The van der Waals surface area contributed by atoms with Crippen molar-refractivity contribution in [1.29, 1.82) is 0 Å². The van der Waals surface area contributed by atoms with Crippen molar-refractivity contribution in [2.45, 2.75) is 65.0 Å². The molecule has 152 valence electrons. The first-order valence-electron chi connectivity index (χ1n) is 10.2. The van der Waals surface area contributed by atoms with Crippen LogP contribution in [0, 0.1) is 5.92 Å². The van der Waals surface area contributed by atoms with E-state index in [1.54, 1.807) is 0 Å². The minimum Gasteiger partial charge on any atom is -0.493 e. The molecule has 0 saturated heterocycles. The van der Waals surface area contributed by atoms with Gasteiger partial charge in [0.15, 0.2) is 5.11 Å². The third-order valence-electron chi connectivity index (χ3n) is 5.34. The molecule has 2 aliphatic rings. The Morgan fingerprint density at radius 3 is 2.82 bits per heavy atom. The van der Waals surface area contributed by atoms with Crippen LogP contribution >= 0.6 is 12.2 Å². The summed E-state index contributed by atoms with van der Waals surface area (Å²) in [7, 11) is 0. The summed E-state index contributed by atoms with van der Waals surface area (Å²) < 4.78 is 11.8. The maximum absolute atomic E-state index is 13.2. The van der Waals surface area contributed by atoms with Crippen molar-refractivity contribution >= 4 is 23.3 Å². The Bertz CT molecular complexity index is 762. The van der Waals surface area contributed by atoms with Gasteiger partial charge in [0, 0.05) is 11.3 Å². The molecule has 0 unspecified atom stereocenters. The number of hydrogen-bond donors (Lipinski definition) is 2. The molecule has 0 radical (unpaired) electrons. The van der Waals surface area contributed by atoms with Crippen molar-refractivity contribution in [2.24, 2.45) is 5.92 Å². The van der Waals surface area contributed by atoms with E-state index in [4.69, 9.17) is 21.7 Å². The maximum atomic E-state index is 13.2. The number of ether oxygens (including phenoxy) is 2. The van der Waals surface area contributed by atoms with Gasteiger partial charge in [0.25, 0.3) is 0 Å². The van der Waals surface area contributed by atoms with Gasteiger partial charge in [-0.1, -0.05) is 38.5 Å². The number of rotatable bonds is 6. The Hall–Kier alpha value is -2.08. The van der Waals surface area contributed by atoms with Crippen LogP contribution in [0.25, 0.3) is 0 Å². The van der Waals surface area contributed by atoms with Crippen molar-refractivity contribution in [1.82, 2.24) is 10.6 Å². The molecule has 5 nitrogen and oxygen atoms in total. The Labute approximate surface area is 172 Å². The second-order valence-corrected chi connectivity index (χ2v) is 8.16. The minimum absolute atomic E-state index is 0.0161. The summed E-state index contributed by atoms with van der Waals surface area (Å²) in [5, 5.41) is 6.81. The van der Waals surface area contributed by atoms with Gasteiger partial charge in [-0.2, -0.15) is 0 Å². The van der Waals surface area contributed by atoms with E-state index in [2.05, 4.69) is 24.5 Å². The van der Waals surface area contributed by atoms with Gasteiger partial charge in [-0.15, -0.1) is 0 Å². The first-order chi connectivity index (χ1) is 13.5. The largest absolute Gasteiger partial charge is 0.493 e. The standard InChI is InChI=1S/C22H30N2O3S/c1-4-12-26-18-11-6-5-10-17(18)20-19(15(3)23-22(28)24-20)21(25)27-16-9-7-8-14(2)13-16/h5-6,10-11,14,16,20H,4,7-9,12-13H2,1-3H3,(H2,23,24,28)/t14-,16+,20-/m0/s1. The second-order valence-electron chi connectivity index (χ2n) is 7.76. The van der Waals surface area contributed by atoms with Crippen LogP contribution in [0.3, 0.4) is 0 Å². The van der Waals surface area contributed by atoms with Crippen LogP contribution in [0.15, 0.2) is 35.5 Å². The molecular formula is C22H30N2O3S. The number of para-hydroxylation sites is 1. The molecule has 0 spiro atoms. The molecule has 2 N–H and O–H groups in total. The Morgan fingerprint density at radius 2 is 2.07 bits per heavy atom. The molecule has 3 atom stereocenters. The number of allylic oxidation sites excluding steroid dienone is 1. The van der Waals surface area contributed by atoms with Gasteiger partial charge >= 0.3 is 5.97 Å². The van der Waals surface area contributed by atoms with E-state index >= 15 is 0 Å². The molecule has 6 heteroatoms. The van der Waals surface area contributed by atoms with Crippen LogP contribution in [0.1, 0.15) is 64.5 Å². The van der Waals surface area contributed by atoms with Crippen LogP contribution in [0.2, 0.25) is 0 Å². The third kappa shape index (κ3) is 4.85. The number of thiocarbonyl (C=S) groups is 1. The minimum atomic E-state index is -0.393. The van der Waals surface area contributed by atoms with Crippen LogP contribution in [0.5, 0.6) is 5.75 Å².